The van der Waals surface area contributed by atoms with Crippen molar-refractivity contribution in [2.24, 2.45) is 0 Å². The Morgan fingerprint density at radius 1 is 0.317 bits per heavy atom. The van der Waals surface area contributed by atoms with Gasteiger partial charge in [-0.3, -0.25) is 0 Å². The molecule has 63 heavy (non-hydrogen) atoms. The van der Waals surface area contributed by atoms with Gasteiger partial charge < -0.3 is 13.9 Å². The zero-order chi connectivity index (χ0) is 41.7. The van der Waals surface area contributed by atoms with E-state index in [1.807, 2.05) is 12.1 Å². The van der Waals surface area contributed by atoms with E-state index in [1.54, 1.807) is 0 Å². The average Bonchev–Trinajstić information content (AvgIpc) is 3.91. The molecule has 12 rings (SSSR count). The lowest BCUT2D eigenvalue weighted by Gasteiger charge is -2.30. The van der Waals surface area contributed by atoms with Gasteiger partial charge in [-0.15, -0.1) is 0 Å². The van der Waals surface area contributed by atoms with Crippen molar-refractivity contribution in [3.05, 3.63) is 243 Å². The molecule has 3 heteroatoms. The van der Waals surface area contributed by atoms with E-state index in [1.165, 1.54) is 32.9 Å². The van der Waals surface area contributed by atoms with Crippen molar-refractivity contribution >= 4 is 60.8 Å². The second-order valence-electron chi connectivity index (χ2n) is 16.1. The van der Waals surface area contributed by atoms with E-state index >= 15 is 0 Å². The average molecular weight is 805 g/mol. The molecule has 0 fully saturated rings. The van der Waals surface area contributed by atoms with Crippen LogP contribution in [0.5, 0.6) is 0 Å². The van der Waals surface area contributed by atoms with Crippen LogP contribution in [0.15, 0.2) is 247 Å². The third-order valence-corrected chi connectivity index (χ3v) is 12.4. The lowest BCUT2D eigenvalue weighted by atomic mass is 9.94. The molecule has 0 saturated heterocycles. The minimum absolute atomic E-state index is 0.856. The van der Waals surface area contributed by atoms with Gasteiger partial charge in [-0.2, -0.15) is 0 Å². The third kappa shape index (κ3) is 6.29. The summed E-state index contributed by atoms with van der Waals surface area (Å²) in [5, 5.41) is 4.73. The summed E-state index contributed by atoms with van der Waals surface area (Å²) in [6.07, 6.45) is 0. The van der Waals surface area contributed by atoms with Gasteiger partial charge in [-0.25, -0.2) is 0 Å². The molecule has 0 amide bonds. The monoisotopic (exact) mass is 804 g/mol. The van der Waals surface area contributed by atoms with Crippen molar-refractivity contribution < 1.29 is 4.42 Å². The van der Waals surface area contributed by atoms with Crippen molar-refractivity contribution in [1.82, 2.24) is 4.57 Å². The fraction of sp³-hybridized carbons (Fsp3) is 0. The lowest BCUT2D eigenvalue weighted by molar-refractivity contribution is 0.669. The normalized spacial score (nSPS) is 11.5. The van der Waals surface area contributed by atoms with Crippen LogP contribution in [0.25, 0.3) is 93.9 Å². The van der Waals surface area contributed by atoms with Gasteiger partial charge >= 0.3 is 0 Å². The Labute approximate surface area is 366 Å². The highest BCUT2D eigenvalue weighted by molar-refractivity contribution is 6.16. The molecular weight excluding hydrogens is 765 g/mol. The molecule has 0 spiro atoms. The van der Waals surface area contributed by atoms with E-state index in [0.717, 1.165) is 78.1 Å². The van der Waals surface area contributed by atoms with Gasteiger partial charge in [0.1, 0.15) is 11.2 Å². The third-order valence-electron chi connectivity index (χ3n) is 12.4. The quantitative estimate of drug-likeness (QED) is 0.153. The maximum absolute atomic E-state index is 6.50. The Kier molecular flexibility index (Phi) is 8.83. The Morgan fingerprint density at radius 2 is 0.810 bits per heavy atom. The summed E-state index contributed by atoms with van der Waals surface area (Å²) in [5.41, 5.74) is 17.8. The van der Waals surface area contributed by atoms with Gasteiger partial charge in [0.15, 0.2) is 0 Å². The number of para-hydroxylation sites is 4. The molecular formula is C60H40N2O. The summed E-state index contributed by atoms with van der Waals surface area (Å²) in [7, 11) is 0. The molecule has 0 bridgehead atoms. The molecule has 0 unspecified atom stereocenters. The van der Waals surface area contributed by atoms with Gasteiger partial charge in [0.25, 0.3) is 0 Å². The summed E-state index contributed by atoms with van der Waals surface area (Å²) < 4.78 is 8.88. The zero-order valence-corrected chi connectivity index (χ0v) is 34.4. The molecule has 2 aromatic heterocycles. The first kappa shape index (κ1) is 36.5. The first-order valence-electron chi connectivity index (χ1n) is 21.5. The molecule has 0 aliphatic heterocycles. The van der Waals surface area contributed by atoms with E-state index in [2.05, 4.69) is 240 Å². The van der Waals surface area contributed by atoms with Gasteiger partial charge in [-0.05, 0) is 88.0 Å². The molecule has 10 aromatic carbocycles. The van der Waals surface area contributed by atoms with Crippen molar-refractivity contribution in [1.29, 1.82) is 0 Å². The topological polar surface area (TPSA) is 21.3 Å². The highest BCUT2D eigenvalue weighted by Gasteiger charge is 2.23. The minimum atomic E-state index is 0.856. The minimum Gasteiger partial charge on any atom is -0.456 e. The number of benzene rings is 10. The van der Waals surface area contributed by atoms with Gasteiger partial charge in [-0.1, -0.05) is 182 Å². The van der Waals surface area contributed by atoms with E-state index in [4.69, 9.17) is 4.42 Å². The standard InChI is InChI=1S/C60H40N2O/c1-4-16-43(17-5-1)50-25-14-26-51(44-18-6-2-7-19-44)60(50)61(48-38-39-53-52-22-11-13-29-57(52)63-58(53)40-48)47-36-34-42(35-37-47)41-30-32-45(33-31-41)49-24-15-28-56-59(49)54-23-10-12-27-55(54)62(56)46-20-8-3-9-21-46/h1-40H. The molecule has 3 nitrogen and oxygen atoms in total. The first-order valence-corrected chi connectivity index (χ1v) is 21.5. The van der Waals surface area contributed by atoms with Crippen LogP contribution >= 0.6 is 0 Å². The summed E-state index contributed by atoms with van der Waals surface area (Å²) in [6, 6.07) is 87.0. The number of hydrogen-bond acceptors (Lipinski definition) is 2. The van der Waals surface area contributed by atoms with Crippen LogP contribution in [0.4, 0.5) is 17.1 Å². The van der Waals surface area contributed by atoms with Crippen LogP contribution in [0.1, 0.15) is 0 Å². The number of furan rings is 1. The van der Waals surface area contributed by atoms with Crippen LogP contribution in [-0.4, -0.2) is 4.57 Å². The zero-order valence-electron chi connectivity index (χ0n) is 34.4. The first-order chi connectivity index (χ1) is 31.3. The Morgan fingerprint density at radius 3 is 1.51 bits per heavy atom. The van der Waals surface area contributed by atoms with Crippen LogP contribution in [0.3, 0.4) is 0 Å². The number of rotatable bonds is 8. The van der Waals surface area contributed by atoms with Crippen molar-refractivity contribution in [3.8, 4) is 50.2 Å². The van der Waals surface area contributed by atoms with Crippen LogP contribution < -0.4 is 4.90 Å². The number of fused-ring (bicyclic) bond motifs is 6. The van der Waals surface area contributed by atoms with Crippen molar-refractivity contribution in [2.75, 3.05) is 4.90 Å². The highest BCUT2D eigenvalue weighted by atomic mass is 16.3. The molecule has 0 N–H and O–H groups in total. The fourth-order valence-corrected chi connectivity index (χ4v) is 9.51. The van der Waals surface area contributed by atoms with Crippen LogP contribution in [-0.2, 0) is 0 Å². The molecule has 0 radical (unpaired) electrons. The van der Waals surface area contributed by atoms with E-state index in [0.29, 0.717) is 0 Å². The molecule has 0 aliphatic rings. The van der Waals surface area contributed by atoms with Crippen molar-refractivity contribution in [3.63, 3.8) is 0 Å². The van der Waals surface area contributed by atoms with Crippen LogP contribution in [0.2, 0.25) is 0 Å². The summed E-state index contributed by atoms with van der Waals surface area (Å²) in [4.78, 5) is 2.40. The SMILES string of the molecule is c1ccc(-c2cccc(-c3ccccc3)c2N(c2ccc(-c3ccc(-c4cccc5c4c4ccccc4n5-c4ccccc4)cc3)cc2)c2ccc3c(c2)oc2ccccc23)cc1. The lowest BCUT2D eigenvalue weighted by Crippen LogP contribution is -2.12. The number of anilines is 3. The molecule has 2 heterocycles. The van der Waals surface area contributed by atoms with E-state index in [9.17, 15) is 0 Å². The van der Waals surface area contributed by atoms with Gasteiger partial charge in [0.2, 0.25) is 0 Å². The van der Waals surface area contributed by atoms with Gasteiger partial charge in [0.05, 0.1) is 16.7 Å². The van der Waals surface area contributed by atoms with E-state index < -0.39 is 0 Å². The second-order valence-corrected chi connectivity index (χ2v) is 16.1. The maximum atomic E-state index is 6.50. The van der Waals surface area contributed by atoms with Crippen LogP contribution in [0, 0.1) is 0 Å². The number of nitrogens with zero attached hydrogens (tertiary/aromatic N) is 2. The van der Waals surface area contributed by atoms with Gasteiger partial charge in [0, 0.05) is 55.8 Å². The van der Waals surface area contributed by atoms with Crippen molar-refractivity contribution in [2.45, 2.75) is 0 Å². The second kappa shape index (κ2) is 15.3. The Bertz CT molecular complexity index is 3530. The smallest absolute Gasteiger partial charge is 0.137 e. The summed E-state index contributed by atoms with van der Waals surface area (Å²) >= 11 is 0. The Balaban J connectivity index is 0.978. The molecule has 296 valence electrons. The summed E-state index contributed by atoms with van der Waals surface area (Å²) in [5.74, 6) is 0. The molecule has 0 aliphatic carbocycles. The predicted molar refractivity (Wildman–Crippen MR) is 264 cm³/mol. The highest BCUT2D eigenvalue weighted by Crippen LogP contribution is 2.48. The fourth-order valence-electron chi connectivity index (χ4n) is 9.51. The molecule has 0 atom stereocenters. The maximum Gasteiger partial charge on any atom is 0.137 e. The predicted octanol–water partition coefficient (Wildman–Crippen LogP) is 16.8. The van der Waals surface area contributed by atoms with E-state index in [-0.39, 0.29) is 0 Å². The number of aromatic nitrogens is 1. The summed E-state index contributed by atoms with van der Waals surface area (Å²) in [6.45, 7) is 0. The molecule has 0 saturated carbocycles. The molecule has 12 aromatic rings. The Hall–Kier alpha value is -8.40. The largest absolute Gasteiger partial charge is 0.456 e. The number of hydrogen-bond donors (Lipinski definition) is 0.